The van der Waals surface area contributed by atoms with E-state index in [1.54, 1.807) is 0 Å². The number of hydrogen-bond donors (Lipinski definition) is 1. The molecule has 1 aromatic heterocycles. The Bertz CT molecular complexity index is 600. The van der Waals surface area contributed by atoms with E-state index in [0.29, 0.717) is 9.90 Å². The topological polar surface area (TPSA) is 26.0 Å². The third-order valence-corrected chi connectivity index (χ3v) is 4.99. The van der Waals surface area contributed by atoms with Gasteiger partial charge in [0.15, 0.2) is 0 Å². The molecule has 2 aromatic rings. The van der Waals surface area contributed by atoms with Gasteiger partial charge in [-0.15, -0.1) is 11.3 Å². The predicted octanol–water partition coefficient (Wildman–Crippen LogP) is 4.80. The van der Waals surface area contributed by atoms with Crippen LogP contribution in [0, 0.1) is 18.6 Å². The molecule has 1 unspecified atom stereocenters. The average Bonchev–Trinajstić information content (AvgIpc) is 2.64. The van der Waals surface area contributed by atoms with Crippen molar-refractivity contribution < 1.29 is 8.78 Å². The van der Waals surface area contributed by atoms with Crippen molar-refractivity contribution in [3.05, 3.63) is 54.6 Å². The number of aryl methyl sites for hydroxylation is 1. The molecule has 0 radical (unpaired) electrons. The Morgan fingerprint density at radius 1 is 1.33 bits per heavy atom. The third kappa shape index (κ3) is 2.45. The molecule has 6 heteroatoms. The third-order valence-electron chi connectivity index (χ3n) is 2.58. The highest BCUT2D eigenvalue weighted by molar-refractivity contribution is 9.10. The molecule has 0 saturated heterocycles. The molecule has 96 valence electrons. The van der Waals surface area contributed by atoms with Crippen LogP contribution in [0.25, 0.3) is 0 Å². The molecule has 0 aliphatic carbocycles. The van der Waals surface area contributed by atoms with Crippen molar-refractivity contribution in [2.24, 2.45) is 5.73 Å². The van der Waals surface area contributed by atoms with E-state index in [9.17, 15) is 8.78 Å². The van der Waals surface area contributed by atoms with E-state index in [0.717, 1.165) is 17.7 Å². The SMILES string of the molecule is Cc1csc(C(N)c2cc(F)c(Br)cc2F)c1Cl. The lowest BCUT2D eigenvalue weighted by molar-refractivity contribution is 0.573. The van der Waals surface area contributed by atoms with Gasteiger partial charge in [-0.25, -0.2) is 8.78 Å². The molecular weight excluding hydrogens is 344 g/mol. The first-order valence-electron chi connectivity index (χ1n) is 5.05. The minimum Gasteiger partial charge on any atom is -0.319 e. The second kappa shape index (κ2) is 5.25. The fraction of sp³-hybridized carbons (Fsp3) is 0.167. The predicted molar refractivity (Wildman–Crippen MR) is 74.2 cm³/mol. The maximum absolute atomic E-state index is 13.8. The zero-order valence-corrected chi connectivity index (χ0v) is 12.5. The van der Waals surface area contributed by atoms with E-state index in [-0.39, 0.29) is 10.0 Å². The van der Waals surface area contributed by atoms with Crippen molar-refractivity contribution in [3.8, 4) is 0 Å². The van der Waals surface area contributed by atoms with E-state index in [4.69, 9.17) is 17.3 Å². The van der Waals surface area contributed by atoms with Gasteiger partial charge in [0.2, 0.25) is 0 Å². The van der Waals surface area contributed by atoms with Crippen molar-refractivity contribution in [2.45, 2.75) is 13.0 Å². The van der Waals surface area contributed by atoms with Gasteiger partial charge >= 0.3 is 0 Å². The first-order chi connectivity index (χ1) is 8.41. The van der Waals surface area contributed by atoms with Crippen LogP contribution < -0.4 is 5.73 Å². The van der Waals surface area contributed by atoms with Crippen LogP contribution >= 0.6 is 38.9 Å². The summed E-state index contributed by atoms with van der Waals surface area (Å²) >= 11 is 10.3. The molecule has 2 N–H and O–H groups in total. The standard InChI is InChI=1S/C12H9BrClF2NS/c1-5-4-18-12(10(5)14)11(17)6-2-9(16)7(13)3-8(6)15/h2-4,11H,17H2,1H3. The van der Waals surface area contributed by atoms with Gasteiger partial charge in [0, 0.05) is 10.4 Å². The first-order valence-corrected chi connectivity index (χ1v) is 7.10. The number of rotatable bonds is 2. The van der Waals surface area contributed by atoms with Crippen molar-refractivity contribution in [3.63, 3.8) is 0 Å². The molecular formula is C12H9BrClF2NS. The van der Waals surface area contributed by atoms with Crippen molar-refractivity contribution in [1.82, 2.24) is 0 Å². The van der Waals surface area contributed by atoms with E-state index in [1.165, 1.54) is 11.3 Å². The summed E-state index contributed by atoms with van der Waals surface area (Å²) in [6.07, 6.45) is 0. The Morgan fingerprint density at radius 3 is 2.56 bits per heavy atom. The lowest BCUT2D eigenvalue weighted by Gasteiger charge is -2.13. The van der Waals surface area contributed by atoms with Gasteiger partial charge in [0.1, 0.15) is 11.6 Å². The lowest BCUT2D eigenvalue weighted by Crippen LogP contribution is -2.13. The van der Waals surface area contributed by atoms with Crippen LogP contribution in [0.4, 0.5) is 8.78 Å². The Morgan fingerprint density at radius 2 is 2.00 bits per heavy atom. The summed E-state index contributed by atoms with van der Waals surface area (Å²) in [7, 11) is 0. The Kier molecular flexibility index (Phi) is 4.06. The number of benzene rings is 1. The highest BCUT2D eigenvalue weighted by atomic mass is 79.9. The Labute approximate surface area is 121 Å². The van der Waals surface area contributed by atoms with E-state index in [1.807, 2.05) is 12.3 Å². The van der Waals surface area contributed by atoms with Crippen LogP contribution in [-0.2, 0) is 0 Å². The molecule has 18 heavy (non-hydrogen) atoms. The highest BCUT2D eigenvalue weighted by Gasteiger charge is 2.20. The van der Waals surface area contributed by atoms with Crippen LogP contribution in [0.1, 0.15) is 22.0 Å². The molecule has 0 bridgehead atoms. The number of halogens is 4. The summed E-state index contributed by atoms with van der Waals surface area (Å²) in [6, 6.07) is 1.40. The Balaban J connectivity index is 2.49. The fourth-order valence-corrected chi connectivity index (χ4v) is 3.22. The minimum atomic E-state index is -0.765. The molecule has 0 aliphatic rings. The molecule has 0 fully saturated rings. The molecule has 0 aliphatic heterocycles. The van der Waals surface area contributed by atoms with Crippen LogP contribution in [0.15, 0.2) is 22.0 Å². The summed E-state index contributed by atoms with van der Waals surface area (Å²) in [4.78, 5) is 0.634. The summed E-state index contributed by atoms with van der Waals surface area (Å²) in [5.74, 6) is -1.11. The fourth-order valence-electron chi connectivity index (χ4n) is 1.58. The lowest BCUT2D eigenvalue weighted by atomic mass is 10.0. The van der Waals surface area contributed by atoms with Gasteiger partial charge in [0.25, 0.3) is 0 Å². The van der Waals surface area contributed by atoms with Crippen LogP contribution in [-0.4, -0.2) is 0 Å². The molecule has 1 nitrogen and oxygen atoms in total. The summed E-state index contributed by atoms with van der Waals surface area (Å²) in [6.45, 7) is 1.84. The van der Waals surface area contributed by atoms with Crippen molar-refractivity contribution >= 4 is 38.9 Å². The maximum atomic E-state index is 13.8. The molecule has 0 spiro atoms. The Hall–Kier alpha value is -0.490. The molecule has 1 aromatic carbocycles. The minimum absolute atomic E-state index is 0.0735. The van der Waals surface area contributed by atoms with Crippen molar-refractivity contribution in [2.75, 3.05) is 0 Å². The molecule has 0 amide bonds. The van der Waals surface area contributed by atoms with Gasteiger partial charge in [-0.05, 0) is 45.9 Å². The van der Waals surface area contributed by atoms with Gasteiger partial charge in [0.05, 0.1) is 15.5 Å². The van der Waals surface area contributed by atoms with Gasteiger partial charge in [-0.2, -0.15) is 0 Å². The van der Waals surface area contributed by atoms with E-state index in [2.05, 4.69) is 15.9 Å². The highest BCUT2D eigenvalue weighted by Crippen LogP contribution is 2.36. The smallest absolute Gasteiger partial charge is 0.137 e. The summed E-state index contributed by atoms with van der Waals surface area (Å²) < 4.78 is 27.3. The van der Waals surface area contributed by atoms with E-state index < -0.39 is 17.7 Å². The average molecular weight is 353 g/mol. The normalized spacial score (nSPS) is 12.8. The zero-order valence-electron chi connectivity index (χ0n) is 9.31. The molecule has 0 saturated carbocycles. The zero-order chi connectivity index (χ0) is 13.4. The van der Waals surface area contributed by atoms with Crippen molar-refractivity contribution in [1.29, 1.82) is 0 Å². The van der Waals surface area contributed by atoms with E-state index >= 15 is 0 Å². The van der Waals surface area contributed by atoms with Crippen LogP contribution in [0.5, 0.6) is 0 Å². The quantitative estimate of drug-likeness (QED) is 0.772. The second-order valence-electron chi connectivity index (χ2n) is 3.86. The monoisotopic (exact) mass is 351 g/mol. The molecule has 1 heterocycles. The first kappa shape index (κ1) is 13.9. The number of nitrogens with two attached hydrogens (primary N) is 1. The van der Waals surface area contributed by atoms with Gasteiger partial charge < -0.3 is 5.73 Å². The number of thiophene rings is 1. The van der Waals surface area contributed by atoms with Crippen LogP contribution in [0.2, 0.25) is 5.02 Å². The summed E-state index contributed by atoms with van der Waals surface area (Å²) in [5.41, 5.74) is 6.93. The molecule has 2 rings (SSSR count). The maximum Gasteiger partial charge on any atom is 0.137 e. The van der Waals surface area contributed by atoms with Crippen LogP contribution in [0.3, 0.4) is 0 Å². The van der Waals surface area contributed by atoms with Gasteiger partial charge in [-0.3, -0.25) is 0 Å². The summed E-state index contributed by atoms with van der Waals surface area (Å²) in [5, 5.41) is 2.35. The second-order valence-corrected chi connectivity index (χ2v) is 6.01. The molecule has 1 atom stereocenters. The van der Waals surface area contributed by atoms with Gasteiger partial charge in [-0.1, -0.05) is 11.6 Å². The largest absolute Gasteiger partial charge is 0.319 e. The number of hydrogen-bond acceptors (Lipinski definition) is 2.